The fourth-order valence-corrected chi connectivity index (χ4v) is 6.30. The van der Waals surface area contributed by atoms with Crippen molar-refractivity contribution in [2.75, 3.05) is 5.32 Å². The average Bonchev–Trinajstić information content (AvgIpc) is 3.41. The Kier molecular flexibility index (Phi) is 9.27. The summed E-state index contributed by atoms with van der Waals surface area (Å²) in [6.07, 6.45) is 11.9. The van der Waals surface area contributed by atoms with Crippen LogP contribution in [0.1, 0.15) is 75.5 Å². The number of hydrogen-bond donors (Lipinski definition) is 3. The van der Waals surface area contributed by atoms with Gasteiger partial charge in [-0.3, -0.25) is 4.79 Å². The zero-order valence-electron chi connectivity index (χ0n) is 23.6. The Morgan fingerprint density at radius 2 is 1.98 bits per heavy atom. The first-order chi connectivity index (χ1) is 19.4. The molecule has 214 valence electrons. The predicted octanol–water partition coefficient (Wildman–Crippen LogP) is 6.07. The highest BCUT2D eigenvalue weighted by Crippen LogP contribution is 2.27. The number of anilines is 1. The van der Waals surface area contributed by atoms with E-state index in [4.69, 9.17) is 0 Å². The summed E-state index contributed by atoms with van der Waals surface area (Å²) < 4.78 is 30.0. The van der Waals surface area contributed by atoms with Crippen molar-refractivity contribution in [3.05, 3.63) is 77.2 Å². The lowest BCUT2D eigenvalue weighted by Gasteiger charge is -2.30. The summed E-state index contributed by atoms with van der Waals surface area (Å²) in [6.45, 7) is 5.15. The molecule has 5 rings (SSSR count). The number of nitrogens with one attached hydrogen (secondary N) is 3. The molecule has 0 aliphatic heterocycles. The maximum Gasteiger partial charge on any atom is 0.242 e. The Hall–Kier alpha value is -3.10. The highest BCUT2D eigenvalue weighted by atomic mass is 19.1. The number of halogens is 2. The van der Waals surface area contributed by atoms with Crippen molar-refractivity contribution in [3.8, 4) is 5.69 Å². The molecule has 1 saturated carbocycles. The highest BCUT2D eigenvalue weighted by molar-refractivity contribution is 5.94. The van der Waals surface area contributed by atoms with Crippen molar-refractivity contribution < 1.29 is 13.6 Å². The molecule has 3 unspecified atom stereocenters. The molecule has 3 N–H and O–H groups in total. The predicted molar refractivity (Wildman–Crippen MR) is 154 cm³/mol. The number of aromatic nitrogens is 2. The van der Waals surface area contributed by atoms with Crippen LogP contribution in [0.5, 0.6) is 0 Å². The van der Waals surface area contributed by atoms with E-state index in [0.717, 1.165) is 36.7 Å². The summed E-state index contributed by atoms with van der Waals surface area (Å²) in [5.74, 6) is -0.0212. The van der Waals surface area contributed by atoms with Gasteiger partial charge >= 0.3 is 0 Å². The molecule has 8 heteroatoms. The van der Waals surface area contributed by atoms with Crippen molar-refractivity contribution in [3.63, 3.8) is 0 Å². The Morgan fingerprint density at radius 1 is 1.15 bits per heavy atom. The van der Waals surface area contributed by atoms with Crippen LogP contribution in [0.25, 0.3) is 5.69 Å². The molecule has 0 bridgehead atoms. The summed E-state index contributed by atoms with van der Waals surface area (Å²) in [7, 11) is 0. The van der Waals surface area contributed by atoms with Gasteiger partial charge in [-0.05, 0) is 73.3 Å². The molecule has 1 heterocycles. The second-order valence-corrected chi connectivity index (χ2v) is 11.5. The van der Waals surface area contributed by atoms with E-state index in [0.29, 0.717) is 42.6 Å². The van der Waals surface area contributed by atoms with Gasteiger partial charge < -0.3 is 20.5 Å². The largest absolute Gasteiger partial charge is 0.310 e. The summed E-state index contributed by atoms with van der Waals surface area (Å²) in [5, 5.41) is 10.2. The third-order valence-electron chi connectivity index (χ3n) is 8.57. The molecular weight excluding hydrogens is 508 g/mol. The Bertz CT molecular complexity index is 1310. The van der Waals surface area contributed by atoms with Gasteiger partial charge in [0.05, 0.1) is 17.9 Å². The monoisotopic (exact) mass is 549 g/mol. The number of carbonyl (C=O) groups is 1. The number of nitrogens with zero attached hydrogens (tertiary/aromatic N) is 2. The minimum atomic E-state index is -0.539. The van der Waals surface area contributed by atoms with Crippen LogP contribution in [-0.4, -0.2) is 33.6 Å². The molecule has 2 aliphatic carbocycles. The van der Waals surface area contributed by atoms with Gasteiger partial charge in [0.15, 0.2) is 5.82 Å². The van der Waals surface area contributed by atoms with E-state index in [1.165, 1.54) is 37.3 Å². The summed E-state index contributed by atoms with van der Waals surface area (Å²) in [6, 6.07) is 10.7. The van der Waals surface area contributed by atoms with Crippen LogP contribution in [0.3, 0.4) is 0 Å². The van der Waals surface area contributed by atoms with E-state index in [-0.39, 0.29) is 11.9 Å². The molecule has 0 spiro atoms. The minimum absolute atomic E-state index is 0.0569. The zero-order chi connectivity index (χ0) is 28.1. The van der Waals surface area contributed by atoms with Crippen LogP contribution < -0.4 is 16.0 Å². The lowest BCUT2D eigenvalue weighted by molar-refractivity contribution is -0.118. The first kappa shape index (κ1) is 28.4. The smallest absolute Gasteiger partial charge is 0.242 e. The molecule has 1 fully saturated rings. The lowest BCUT2D eigenvalue weighted by Crippen LogP contribution is -2.48. The average molecular weight is 550 g/mol. The molecule has 3 aromatic rings. The standard InChI is InChI=1S/C32H41F2N5O/c1-3-8-29(37-25-14-13-22-15-24(33)16-27(34)26(22)17-25)32(40)38-31-19-39(20-36-31)30-12-7-5-10-23(30)18-35-28-11-6-4-9-21(28)2/h5,7,10,12,15-16,19-21,25,28-29,35,37H,3-4,6,8-9,11,13-14,17-18H2,1-2H3,(H,38,40)/t21?,25-,28?,29?/m0/s1. The number of aryl methyl sites for hydroxylation is 1. The van der Waals surface area contributed by atoms with Crippen molar-refractivity contribution in [1.29, 1.82) is 0 Å². The van der Waals surface area contributed by atoms with E-state index in [2.05, 4.69) is 46.1 Å². The van der Waals surface area contributed by atoms with Crippen LogP contribution in [-0.2, 0) is 24.2 Å². The van der Waals surface area contributed by atoms with Crippen molar-refractivity contribution in [1.82, 2.24) is 20.2 Å². The molecule has 4 atom stereocenters. The first-order valence-corrected chi connectivity index (χ1v) is 14.8. The molecule has 1 amide bonds. The van der Waals surface area contributed by atoms with Gasteiger partial charge in [0.2, 0.25) is 5.91 Å². The Morgan fingerprint density at radius 3 is 2.80 bits per heavy atom. The SMILES string of the molecule is CCCC(N[C@H]1CCc2cc(F)cc(F)c2C1)C(=O)Nc1cn(-c2ccccc2CNC2CCCCC2C)cn1. The number of rotatable bonds is 10. The summed E-state index contributed by atoms with van der Waals surface area (Å²) >= 11 is 0. The first-order valence-electron chi connectivity index (χ1n) is 14.8. The zero-order valence-corrected chi connectivity index (χ0v) is 23.6. The fraction of sp³-hybridized carbons (Fsp3) is 0.500. The molecule has 0 saturated heterocycles. The van der Waals surface area contributed by atoms with Gasteiger partial charge in [0.1, 0.15) is 18.0 Å². The van der Waals surface area contributed by atoms with Gasteiger partial charge in [0, 0.05) is 24.7 Å². The van der Waals surface area contributed by atoms with E-state index in [9.17, 15) is 13.6 Å². The van der Waals surface area contributed by atoms with Crippen LogP contribution in [0.2, 0.25) is 0 Å². The molecule has 0 radical (unpaired) electrons. The van der Waals surface area contributed by atoms with E-state index >= 15 is 0 Å². The van der Waals surface area contributed by atoms with Crippen LogP contribution in [0, 0.1) is 17.6 Å². The number of carbonyl (C=O) groups excluding carboxylic acids is 1. The van der Waals surface area contributed by atoms with Crippen molar-refractivity contribution >= 4 is 11.7 Å². The molecular formula is C32H41F2N5O. The highest BCUT2D eigenvalue weighted by Gasteiger charge is 2.27. The second kappa shape index (κ2) is 13.0. The number of para-hydroxylation sites is 1. The van der Waals surface area contributed by atoms with Crippen LogP contribution in [0.15, 0.2) is 48.9 Å². The molecule has 6 nitrogen and oxygen atoms in total. The minimum Gasteiger partial charge on any atom is -0.310 e. The van der Waals surface area contributed by atoms with Gasteiger partial charge in [-0.25, -0.2) is 13.8 Å². The number of benzene rings is 2. The van der Waals surface area contributed by atoms with Gasteiger partial charge in [-0.2, -0.15) is 0 Å². The van der Waals surface area contributed by atoms with Crippen LogP contribution in [0.4, 0.5) is 14.6 Å². The van der Waals surface area contributed by atoms with Gasteiger partial charge in [-0.1, -0.05) is 51.3 Å². The summed E-state index contributed by atoms with van der Waals surface area (Å²) in [4.78, 5) is 17.8. The molecule has 1 aromatic heterocycles. The van der Waals surface area contributed by atoms with Crippen molar-refractivity contribution in [2.24, 2.45) is 5.92 Å². The number of imidazole rings is 1. The third kappa shape index (κ3) is 6.78. The third-order valence-corrected chi connectivity index (χ3v) is 8.57. The fourth-order valence-electron chi connectivity index (χ4n) is 6.30. The normalized spacial score (nSPS) is 21.6. The maximum absolute atomic E-state index is 14.4. The Balaban J connectivity index is 1.22. The van der Waals surface area contributed by atoms with E-state index in [1.807, 2.05) is 23.8 Å². The maximum atomic E-state index is 14.4. The topological polar surface area (TPSA) is 71.0 Å². The van der Waals surface area contributed by atoms with E-state index in [1.54, 1.807) is 6.33 Å². The second-order valence-electron chi connectivity index (χ2n) is 11.5. The van der Waals surface area contributed by atoms with Gasteiger partial charge in [-0.15, -0.1) is 0 Å². The molecule has 2 aromatic carbocycles. The van der Waals surface area contributed by atoms with Gasteiger partial charge in [0.25, 0.3) is 0 Å². The van der Waals surface area contributed by atoms with Crippen molar-refractivity contribution in [2.45, 2.75) is 96.3 Å². The van der Waals surface area contributed by atoms with E-state index < -0.39 is 17.7 Å². The molecule has 2 aliphatic rings. The number of hydrogen-bond acceptors (Lipinski definition) is 4. The Labute approximate surface area is 236 Å². The quantitative estimate of drug-likeness (QED) is 0.287. The number of fused-ring (bicyclic) bond motifs is 1. The number of amides is 1. The lowest BCUT2D eigenvalue weighted by atomic mass is 9.86. The summed E-state index contributed by atoms with van der Waals surface area (Å²) in [5.41, 5.74) is 3.49. The van der Waals surface area contributed by atoms with Crippen LogP contribution >= 0.6 is 0 Å². The molecule has 40 heavy (non-hydrogen) atoms.